The SMILES string of the molecule is Cc1ncnc(N2CCN(c3nccn4ccnc34)CC2)c1F. The summed E-state index contributed by atoms with van der Waals surface area (Å²) in [5.74, 6) is 0.898. The Morgan fingerprint density at radius 1 is 0.870 bits per heavy atom. The molecule has 0 atom stereocenters. The van der Waals surface area contributed by atoms with Crippen LogP contribution in [0.3, 0.4) is 0 Å². The molecule has 0 unspecified atom stereocenters. The van der Waals surface area contributed by atoms with Crippen LogP contribution in [0, 0.1) is 12.7 Å². The molecule has 4 heterocycles. The van der Waals surface area contributed by atoms with E-state index in [0.717, 1.165) is 24.6 Å². The van der Waals surface area contributed by atoms with Gasteiger partial charge in [0.05, 0.1) is 5.69 Å². The van der Waals surface area contributed by atoms with Crippen LogP contribution in [0.4, 0.5) is 16.0 Å². The maximum absolute atomic E-state index is 14.2. The largest absolute Gasteiger partial charge is 0.351 e. The summed E-state index contributed by atoms with van der Waals surface area (Å²) in [5.41, 5.74) is 1.21. The molecule has 0 saturated carbocycles. The zero-order chi connectivity index (χ0) is 15.8. The number of rotatable bonds is 2. The Labute approximate surface area is 132 Å². The van der Waals surface area contributed by atoms with Gasteiger partial charge in [-0.15, -0.1) is 0 Å². The first-order valence-corrected chi connectivity index (χ1v) is 7.49. The number of nitrogens with zero attached hydrogens (tertiary/aromatic N) is 7. The summed E-state index contributed by atoms with van der Waals surface area (Å²) in [4.78, 5) is 20.9. The van der Waals surface area contributed by atoms with Crippen LogP contribution in [0.2, 0.25) is 0 Å². The zero-order valence-corrected chi connectivity index (χ0v) is 12.7. The van der Waals surface area contributed by atoms with Crippen molar-refractivity contribution in [2.24, 2.45) is 0 Å². The number of halogens is 1. The lowest BCUT2D eigenvalue weighted by atomic mass is 10.3. The molecular formula is C15H16FN7. The maximum Gasteiger partial charge on any atom is 0.186 e. The van der Waals surface area contributed by atoms with Crippen molar-refractivity contribution >= 4 is 17.3 Å². The second-order valence-electron chi connectivity index (χ2n) is 5.48. The molecule has 7 nitrogen and oxygen atoms in total. The van der Waals surface area contributed by atoms with Crippen molar-refractivity contribution in [1.29, 1.82) is 0 Å². The van der Waals surface area contributed by atoms with E-state index in [1.807, 2.05) is 21.7 Å². The molecule has 3 aromatic heterocycles. The summed E-state index contributed by atoms with van der Waals surface area (Å²) in [6.45, 7) is 4.48. The van der Waals surface area contributed by atoms with E-state index in [2.05, 4.69) is 24.8 Å². The Kier molecular flexibility index (Phi) is 3.29. The monoisotopic (exact) mass is 313 g/mol. The number of hydrogen-bond donors (Lipinski definition) is 0. The van der Waals surface area contributed by atoms with E-state index in [1.54, 1.807) is 19.3 Å². The van der Waals surface area contributed by atoms with Gasteiger partial charge in [0, 0.05) is 51.0 Å². The Morgan fingerprint density at radius 2 is 1.52 bits per heavy atom. The van der Waals surface area contributed by atoms with Crippen molar-refractivity contribution in [2.45, 2.75) is 6.92 Å². The van der Waals surface area contributed by atoms with Crippen molar-refractivity contribution in [2.75, 3.05) is 36.0 Å². The van der Waals surface area contributed by atoms with Gasteiger partial charge in [0.25, 0.3) is 0 Å². The number of fused-ring (bicyclic) bond motifs is 1. The van der Waals surface area contributed by atoms with Crippen molar-refractivity contribution in [1.82, 2.24) is 24.3 Å². The number of imidazole rings is 1. The summed E-state index contributed by atoms with van der Waals surface area (Å²) in [6, 6.07) is 0. The molecule has 0 N–H and O–H groups in total. The highest BCUT2D eigenvalue weighted by molar-refractivity contribution is 5.64. The van der Waals surface area contributed by atoms with Crippen LogP contribution < -0.4 is 9.80 Å². The van der Waals surface area contributed by atoms with Crippen LogP contribution in [0.25, 0.3) is 5.65 Å². The Hall–Kier alpha value is -2.77. The molecule has 118 valence electrons. The van der Waals surface area contributed by atoms with Gasteiger partial charge < -0.3 is 14.2 Å². The van der Waals surface area contributed by atoms with E-state index in [1.165, 1.54) is 6.33 Å². The van der Waals surface area contributed by atoms with E-state index in [9.17, 15) is 4.39 Å². The molecule has 1 fully saturated rings. The smallest absolute Gasteiger partial charge is 0.186 e. The highest BCUT2D eigenvalue weighted by Gasteiger charge is 2.23. The molecule has 1 saturated heterocycles. The molecule has 0 aromatic carbocycles. The van der Waals surface area contributed by atoms with Gasteiger partial charge in [0.2, 0.25) is 0 Å². The molecule has 1 aliphatic heterocycles. The van der Waals surface area contributed by atoms with E-state index in [4.69, 9.17) is 0 Å². The summed E-state index contributed by atoms with van der Waals surface area (Å²) in [5, 5.41) is 0. The minimum Gasteiger partial charge on any atom is -0.351 e. The van der Waals surface area contributed by atoms with Gasteiger partial charge in [-0.25, -0.2) is 24.3 Å². The fourth-order valence-electron chi connectivity index (χ4n) is 2.86. The molecular weight excluding hydrogens is 297 g/mol. The molecule has 1 aliphatic rings. The molecule has 4 rings (SSSR count). The highest BCUT2D eigenvalue weighted by Crippen LogP contribution is 2.22. The summed E-state index contributed by atoms with van der Waals surface area (Å²) in [6.07, 6.45) is 8.71. The molecule has 0 amide bonds. The highest BCUT2D eigenvalue weighted by atomic mass is 19.1. The van der Waals surface area contributed by atoms with Crippen LogP contribution in [0.5, 0.6) is 0 Å². The maximum atomic E-state index is 14.2. The van der Waals surface area contributed by atoms with Crippen molar-refractivity contribution in [3.8, 4) is 0 Å². The third-order valence-electron chi connectivity index (χ3n) is 4.12. The van der Waals surface area contributed by atoms with Gasteiger partial charge in [-0.1, -0.05) is 0 Å². The number of anilines is 2. The third kappa shape index (κ3) is 2.36. The standard InChI is InChI=1S/C15H16FN7/c1-11-12(16)13(20-10-19-11)22-6-8-23(9-7-22)15-14-17-2-4-21(14)5-3-18-15/h2-5,10H,6-9H2,1H3. The second-order valence-corrected chi connectivity index (χ2v) is 5.48. The van der Waals surface area contributed by atoms with Gasteiger partial charge in [-0.3, -0.25) is 0 Å². The van der Waals surface area contributed by atoms with Gasteiger partial charge in [0.1, 0.15) is 6.33 Å². The first kappa shape index (κ1) is 13.9. The van der Waals surface area contributed by atoms with Crippen molar-refractivity contribution < 1.29 is 4.39 Å². The molecule has 3 aromatic rings. The zero-order valence-electron chi connectivity index (χ0n) is 12.7. The molecule has 0 bridgehead atoms. The van der Waals surface area contributed by atoms with Crippen molar-refractivity contribution in [3.63, 3.8) is 0 Å². The van der Waals surface area contributed by atoms with E-state index in [-0.39, 0.29) is 5.82 Å². The van der Waals surface area contributed by atoms with E-state index >= 15 is 0 Å². The van der Waals surface area contributed by atoms with Gasteiger partial charge >= 0.3 is 0 Å². The quantitative estimate of drug-likeness (QED) is 0.710. The summed E-state index contributed by atoms with van der Waals surface area (Å²) >= 11 is 0. The molecule has 0 aliphatic carbocycles. The number of aromatic nitrogens is 5. The van der Waals surface area contributed by atoms with E-state index < -0.39 is 0 Å². The molecule has 0 radical (unpaired) electrons. The minimum atomic E-state index is -0.338. The van der Waals surface area contributed by atoms with E-state index in [0.29, 0.717) is 24.6 Å². The lowest BCUT2D eigenvalue weighted by molar-refractivity contribution is 0.573. The minimum absolute atomic E-state index is 0.338. The van der Waals surface area contributed by atoms with Crippen LogP contribution in [-0.4, -0.2) is 50.5 Å². The van der Waals surface area contributed by atoms with Gasteiger partial charge in [0.15, 0.2) is 23.1 Å². The predicted molar refractivity (Wildman–Crippen MR) is 84.1 cm³/mol. The fourth-order valence-corrected chi connectivity index (χ4v) is 2.86. The first-order chi connectivity index (χ1) is 11.2. The van der Waals surface area contributed by atoms with Crippen LogP contribution in [0.1, 0.15) is 5.69 Å². The van der Waals surface area contributed by atoms with Crippen molar-refractivity contribution in [3.05, 3.63) is 42.6 Å². The fraction of sp³-hybridized carbons (Fsp3) is 0.333. The summed E-state index contributed by atoms with van der Waals surface area (Å²) < 4.78 is 16.1. The Morgan fingerprint density at radius 3 is 2.26 bits per heavy atom. The second kappa shape index (κ2) is 5.45. The number of aryl methyl sites for hydroxylation is 1. The van der Waals surface area contributed by atoms with Crippen LogP contribution >= 0.6 is 0 Å². The topological polar surface area (TPSA) is 62.5 Å². The summed E-state index contributed by atoms with van der Waals surface area (Å²) in [7, 11) is 0. The first-order valence-electron chi connectivity index (χ1n) is 7.49. The average molecular weight is 313 g/mol. The molecule has 23 heavy (non-hydrogen) atoms. The number of hydrogen-bond acceptors (Lipinski definition) is 6. The normalized spacial score (nSPS) is 15.4. The molecule has 8 heteroatoms. The lowest BCUT2D eigenvalue weighted by Gasteiger charge is -2.36. The third-order valence-corrected chi connectivity index (χ3v) is 4.12. The predicted octanol–water partition coefficient (Wildman–Crippen LogP) is 1.29. The van der Waals surface area contributed by atoms with Gasteiger partial charge in [-0.2, -0.15) is 0 Å². The lowest BCUT2D eigenvalue weighted by Crippen LogP contribution is -2.47. The van der Waals surface area contributed by atoms with Crippen LogP contribution in [-0.2, 0) is 0 Å². The average Bonchev–Trinajstić information content (AvgIpc) is 3.06. The van der Waals surface area contributed by atoms with Crippen LogP contribution in [0.15, 0.2) is 31.1 Å². The number of piperazine rings is 1. The van der Waals surface area contributed by atoms with Gasteiger partial charge in [-0.05, 0) is 6.92 Å². The molecule has 0 spiro atoms. The Balaban J connectivity index is 1.55. The Bertz CT molecular complexity index is 839.